The van der Waals surface area contributed by atoms with Crippen molar-refractivity contribution in [1.82, 2.24) is 0 Å². The molecule has 0 heterocycles. The molecule has 4 N–H and O–H groups in total. The summed E-state index contributed by atoms with van der Waals surface area (Å²) in [6, 6.07) is 4.10. The van der Waals surface area contributed by atoms with Gasteiger partial charge in [0, 0.05) is 6.54 Å². The zero-order chi connectivity index (χ0) is 22.1. The number of rotatable bonds is 7. The molecule has 0 aliphatic rings. The number of hydrogen-bond acceptors (Lipinski definition) is 5. The number of nitrogens with two attached hydrogens (primary N) is 1. The first-order valence-corrected chi connectivity index (χ1v) is 12.3. The van der Waals surface area contributed by atoms with Crippen molar-refractivity contribution in [3.8, 4) is 0 Å². The quantitative estimate of drug-likeness (QED) is 0.610. The maximum Gasteiger partial charge on any atom is 0.262 e. The molecule has 2 aromatic carbocycles. The number of benzene rings is 2. The Balaban J connectivity index is 2.66. The molecule has 2 rings (SSSR count). The zero-order valence-corrected chi connectivity index (χ0v) is 19.3. The molecule has 0 bridgehead atoms. The van der Waals surface area contributed by atoms with Crippen LogP contribution in [0.3, 0.4) is 0 Å². The highest BCUT2D eigenvalue weighted by atomic mass is 32.2. The summed E-state index contributed by atoms with van der Waals surface area (Å²) in [6.45, 7) is 11.9. The monoisotopic (exact) mass is 439 g/mol. The van der Waals surface area contributed by atoms with E-state index < -0.39 is 20.0 Å². The number of sulfonamides is 2. The molecule has 160 valence electrons. The molecule has 0 saturated carbocycles. The first-order chi connectivity index (χ1) is 13.3. The second-order valence-electron chi connectivity index (χ2n) is 7.24. The van der Waals surface area contributed by atoms with Crippen molar-refractivity contribution in [3.05, 3.63) is 46.0 Å². The molecule has 0 atom stereocenters. The first-order valence-electron chi connectivity index (χ1n) is 9.31. The molecule has 9 heteroatoms. The van der Waals surface area contributed by atoms with Crippen LogP contribution in [-0.4, -0.2) is 23.4 Å². The van der Waals surface area contributed by atoms with Crippen LogP contribution < -0.4 is 15.2 Å². The highest BCUT2D eigenvalue weighted by molar-refractivity contribution is 7.93. The number of nitrogens with one attached hydrogen (secondary N) is 2. The second kappa shape index (κ2) is 8.33. The van der Waals surface area contributed by atoms with Crippen LogP contribution in [0.1, 0.15) is 41.2 Å². The van der Waals surface area contributed by atoms with Gasteiger partial charge >= 0.3 is 0 Å². The summed E-state index contributed by atoms with van der Waals surface area (Å²) in [5, 5.41) is 8.34. The van der Waals surface area contributed by atoms with E-state index in [1.165, 1.54) is 18.2 Å². The SMILES string of the molecule is CCCNc1ccc(S(N)(=O)=O)cc1NS(=O)(=O)c1c(C)c(C)c(C)c(C)c1C. The predicted molar refractivity (Wildman–Crippen MR) is 118 cm³/mol. The van der Waals surface area contributed by atoms with E-state index in [9.17, 15) is 16.8 Å². The summed E-state index contributed by atoms with van der Waals surface area (Å²) in [5.74, 6) is 0. The van der Waals surface area contributed by atoms with Gasteiger partial charge in [-0.1, -0.05) is 6.92 Å². The molecule has 0 radical (unpaired) electrons. The Morgan fingerprint density at radius 1 is 0.828 bits per heavy atom. The normalized spacial score (nSPS) is 12.1. The van der Waals surface area contributed by atoms with Crippen molar-refractivity contribution in [3.63, 3.8) is 0 Å². The Morgan fingerprint density at radius 3 is 1.83 bits per heavy atom. The van der Waals surface area contributed by atoms with Gasteiger partial charge in [-0.15, -0.1) is 0 Å². The average molecular weight is 440 g/mol. The zero-order valence-electron chi connectivity index (χ0n) is 17.7. The predicted octanol–water partition coefficient (Wildman–Crippen LogP) is 3.50. The van der Waals surface area contributed by atoms with Gasteiger partial charge in [-0.25, -0.2) is 22.0 Å². The van der Waals surface area contributed by atoms with Gasteiger partial charge in [0.05, 0.1) is 21.2 Å². The third-order valence-electron chi connectivity index (χ3n) is 5.33. The van der Waals surface area contributed by atoms with Gasteiger partial charge in [-0.05, 0) is 87.1 Å². The minimum atomic E-state index is -3.98. The van der Waals surface area contributed by atoms with Gasteiger partial charge in [0.2, 0.25) is 10.0 Å². The van der Waals surface area contributed by atoms with Gasteiger partial charge < -0.3 is 5.32 Å². The number of anilines is 2. The molecule has 0 fully saturated rings. The standard InChI is InChI=1S/C20H29N3O4S2/c1-7-10-22-18-9-8-17(28(21,24)25)11-19(18)23-29(26,27)20-15(5)13(3)12(2)14(4)16(20)6/h8-9,11,22-23H,7,10H2,1-6H3,(H2,21,24,25). The second-order valence-corrected chi connectivity index (χ2v) is 10.4. The molecule has 0 spiro atoms. The van der Waals surface area contributed by atoms with E-state index in [0.717, 1.165) is 23.1 Å². The lowest BCUT2D eigenvalue weighted by Crippen LogP contribution is -2.19. The molecule has 0 aromatic heterocycles. The van der Waals surface area contributed by atoms with Crippen molar-refractivity contribution in [1.29, 1.82) is 0 Å². The highest BCUT2D eigenvalue weighted by Gasteiger charge is 2.25. The minimum Gasteiger partial charge on any atom is -0.383 e. The minimum absolute atomic E-state index is 0.139. The van der Waals surface area contributed by atoms with Crippen LogP contribution >= 0.6 is 0 Å². The fourth-order valence-electron chi connectivity index (χ4n) is 3.26. The van der Waals surface area contributed by atoms with E-state index >= 15 is 0 Å². The topological polar surface area (TPSA) is 118 Å². The Bertz CT molecular complexity index is 1130. The van der Waals surface area contributed by atoms with E-state index in [-0.39, 0.29) is 15.5 Å². The Labute approximate surface area is 173 Å². The van der Waals surface area contributed by atoms with Gasteiger partial charge in [0.15, 0.2) is 0 Å². The molecule has 0 unspecified atom stereocenters. The molecule has 7 nitrogen and oxygen atoms in total. The molecule has 2 aromatic rings. The summed E-state index contributed by atoms with van der Waals surface area (Å²) in [5.41, 5.74) is 4.85. The maximum absolute atomic E-state index is 13.3. The van der Waals surface area contributed by atoms with E-state index in [4.69, 9.17) is 5.14 Å². The largest absolute Gasteiger partial charge is 0.383 e. The van der Waals surface area contributed by atoms with Crippen molar-refractivity contribution in [2.24, 2.45) is 5.14 Å². The Kier molecular flexibility index (Phi) is 6.66. The molecule has 0 saturated heterocycles. The van der Waals surface area contributed by atoms with Gasteiger partial charge in [-0.2, -0.15) is 0 Å². The lowest BCUT2D eigenvalue weighted by molar-refractivity contribution is 0.596. The molecule has 0 aliphatic heterocycles. The summed E-state index contributed by atoms with van der Waals surface area (Å²) in [7, 11) is -7.95. The fourth-order valence-corrected chi connectivity index (χ4v) is 5.48. The Hall–Kier alpha value is -2.10. The van der Waals surface area contributed by atoms with Crippen LogP contribution in [0.25, 0.3) is 0 Å². The first kappa shape index (κ1) is 23.2. The average Bonchev–Trinajstić information content (AvgIpc) is 2.62. The maximum atomic E-state index is 13.3. The van der Waals surface area contributed by atoms with Crippen LogP contribution in [0.4, 0.5) is 11.4 Å². The van der Waals surface area contributed by atoms with Crippen molar-refractivity contribution >= 4 is 31.4 Å². The van der Waals surface area contributed by atoms with Crippen molar-refractivity contribution in [2.75, 3.05) is 16.6 Å². The van der Waals surface area contributed by atoms with E-state index in [0.29, 0.717) is 23.4 Å². The van der Waals surface area contributed by atoms with Crippen LogP contribution in [0.2, 0.25) is 0 Å². The van der Waals surface area contributed by atoms with Gasteiger partial charge in [-0.3, -0.25) is 4.72 Å². The van der Waals surface area contributed by atoms with E-state index in [1.54, 1.807) is 13.8 Å². The summed E-state index contributed by atoms with van der Waals surface area (Å²) >= 11 is 0. The highest BCUT2D eigenvalue weighted by Crippen LogP contribution is 2.33. The molecular formula is C20H29N3O4S2. The van der Waals surface area contributed by atoms with E-state index in [2.05, 4.69) is 10.0 Å². The Morgan fingerprint density at radius 2 is 1.34 bits per heavy atom. The van der Waals surface area contributed by atoms with Crippen molar-refractivity contribution < 1.29 is 16.8 Å². The summed E-state index contributed by atoms with van der Waals surface area (Å²) in [4.78, 5) is 0.0440. The third-order valence-corrected chi connectivity index (χ3v) is 7.88. The van der Waals surface area contributed by atoms with E-state index in [1.807, 2.05) is 27.7 Å². The number of primary sulfonamides is 1. The van der Waals surface area contributed by atoms with Gasteiger partial charge in [0.25, 0.3) is 10.0 Å². The van der Waals surface area contributed by atoms with Crippen molar-refractivity contribution in [2.45, 2.75) is 57.8 Å². The van der Waals surface area contributed by atoms with Crippen LogP contribution in [0.15, 0.2) is 28.0 Å². The third kappa shape index (κ3) is 4.73. The van der Waals surface area contributed by atoms with Gasteiger partial charge in [0.1, 0.15) is 0 Å². The van der Waals surface area contributed by atoms with Crippen LogP contribution in [0.5, 0.6) is 0 Å². The molecule has 0 aliphatic carbocycles. The van der Waals surface area contributed by atoms with Crippen LogP contribution in [-0.2, 0) is 20.0 Å². The summed E-state index contributed by atoms with van der Waals surface area (Å²) in [6.07, 6.45) is 0.817. The molecule has 29 heavy (non-hydrogen) atoms. The lowest BCUT2D eigenvalue weighted by atomic mass is 9.95. The van der Waals surface area contributed by atoms with Crippen LogP contribution in [0, 0.1) is 34.6 Å². The summed E-state index contributed by atoms with van der Waals surface area (Å²) < 4.78 is 52.7. The number of hydrogen-bond donors (Lipinski definition) is 3. The smallest absolute Gasteiger partial charge is 0.262 e. The fraction of sp³-hybridized carbons (Fsp3) is 0.400. The molecular weight excluding hydrogens is 410 g/mol. The molecule has 0 amide bonds. The lowest BCUT2D eigenvalue weighted by Gasteiger charge is -2.21.